The Morgan fingerprint density at radius 1 is 1.35 bits per heavy atom. The second-order valence-corrected chi connectivity index (χ2v) is 4.50. The maximum Gasteiger partial charge on any atom is 0.127 e. The summed E-state index contributed by atoms with van der Waals surface area (Å²) in [5.74, 6) is -0.530. The minimum absolute atomic E-state index is 0.254. The van der Waals surface area contributed by atoms with Crippen molar-refractivity contribution in [3.63, 3.8) is 0 Å². The Kier molecular flexibility index (Phi) is 3.81. The van der Waals surface area contributed by atoms with E-state index >= 15 is 0 Å². The lowest BCUT2D eigenvalue weighted by atomic mass is 9.95. The first-order chi connectivity index (χ1) is 8.22. The van der Waals surface area contributed by atoms with Gasteiger partial charge >= 0.3 is 0 Å². The Bertz CT molecular complexity index is 504. The zero-order chi connectivity index (χ0) is 12.3. The normalized spacial score (nSPS) is 12.4. The Morgan fingerprint density at radius 2 is 2.18 bits per heavy atom. The van der Waals surface area contributed by atoms with E-state index in [0.29, 0.717) is 12.1 Å². The third-order valence-electron chi connectivity index (χ3n) is 2.53. The van der Waals surface area contributed by atoms with Gasteiger partial charge in [-0.15, -0.1) is 0 Å². The number of aromatic nitrogens is 2. The first-order valence-electron chi connectivity index (χ1n) is 5.13. The molecule has 0 saturated heterocycles. The average molecular weight is 296 g/mol. The quantitative estimate of drug-likeness (QED) is 0.946. The smallest absolute Gasteiger partial charge is 0.127 e. The molecule has 0 fully saturated rings. The SMILES string of the molecule is NCC(c1ccncn1)c1cc(Br)ccc1F. The maximum absolute atomic E-state index is 13.8. The molecule has 1 atom stereocenters. The second kappa shape index (κ2) is 5.33. The Labute approximate surface area is 107 Å². The molecule has 0 aliphatic rings. The summed E-state index contributed by atoms with van der Waals surface area (Å²) >= 11 is 3.33. The van der Waals surface area contributed by atoms with Gasteiger partial charge in [0.25, 0.3) is 0 Å². The molecule has 3 nitrogen and oxygen atoms in total. The molecule has 1 unspecified atom stereocenters. The van der Waals surface area contributed by atoms with E-state index in [1.807, 2.05) is 0 Å². The van der Waals surface area contributed by atoms with E-state index in [1.165, 1.54) is 12.4 Å². The van der Waals surface area contributed by atoms with E-state index in [2.05, 4.69) is 25.9 Å². The van der Waals surface area contributed by atoms with E-state index in [9.17, 15) is 4.39 Å². The molecule has 0 amide bonds. The van der Waals surface area contributed by atoms with Crippen LogP contribution in [0.1, 0.15) is 17.2 Å². The van der Waals surface area contributed by atoms with E-state index in [-0.39, 0.29) is 11.7 Å². The number of nitrogens with zero attached hydrogens (tertiary/aromatic N) is 2. The van der Waals surface area contributed by atoms with Crippen molar-refractivity contribution < 1.29 is 4.39 Å². The van der Waals surface area contributed by atoms with Crippen molar-refractivity contribution >= 4 is 15.9 Å². The first kappa shape index (κ1) is 12.1. The summed E-state index contributed by atoms with van der Waals surface area (Å²) in [7, 11) is 0. The molecule has 0 spiro atoms. The van der Waals surface area contributed by atoms with Gasteiger partial charge in [0.05, 0.1) is 5.69 Å². The van der Waals surface area contributed by atoms with Crippen LogP contribution >= 0.6 is 15.9 Å². The van der Waals surface area contributed by atoms with E-state index < -0.39 is 0 Å². The van der Waals surface area contributed by atoms with Crippen LogP contribution in [-0.4, -0.2) is 16.5 Å². The van der Waals surface area contributed by atoms with Crippen molar-refractivity contribution in [3.05, 3.63) is 58.3 Å². The lowest BCUT2D eigenvalue weighted by Crippen LogP contribution is -2.16. The highest BCUT2D eigenvalue weighted by atomic mass is 79.9. The van der Waals surface area contributed by atoms with Crippen LogP contribution in [-0.2, 0) is 0 Å². The molecule has 88 valence electrons. The van der Waals surface area contributed by atoms with Gasteiger partial charge in [0.2, 0.25) is 0 Å². The minimum atomic E-state index is -0.276. The standard InChI is InChI=1S/C12H11BrFN3/c13-8-1-2-11(14)9(5-8)10(6-15)12-3-4-16-7-17-12/h1-5,7,10H,6,15H2. The third kappa shape index (κ3) is 2.68. The summed E-state index contributed by atoms with van der Waals surface area (Å²) in [4.78, 5) is 7.96. The average Bonchev–Trinajstić information content (AvgIpc) is 2.36. The molecular formula is C12H11BrFN3. The molecule has 2 rings (SSSR count). The van der Waals surface area contributed by atoms with Gasteiger partial charge in [0.1, 0.15) is 12.1 Å². The summed E-state index contributed by atoms with van der Waals surface area (Å²) < 4.78 is 14.6. The molecule has 0 bridgehead atoms. The highest BCUT2D eigenvalue weighted by Crippen LogP contribution is 2.26. The lowest BCUT2D eigenvalue weighted by molar-refractivity contribution is 0.594. The topological polar surface area (TPSA) is 51.8 Å². The van der Waals surface area contributed by atoms with Crippen LogP contribution in [0.15, 0.2) is 41.3 Å². The minimum Gasteiger partial charge on any atom is -0.329 e. The third-order valence-corrected chi connectivity index (χ3v) is 3.02. The van der Waals surface area contributed by atoms with Crippen molar-refractivity contribution in [2.45, 2.75) is 5.92 Å². The van der Waals surface area contributed by atoms with Crippen LogP contribution in [0.2, 0.25) is 0 Å². The molecule has 0 radical (unpaired) electrons. The Hall–Kier alpha value is -1.33. The van der Waals surface area contributed by atoms with Gasteiger partial charge in [-0.2, -0.15) is 0 Å². The van der Waals surface area contributed by atoms with Gasteiger partial charge in [-0.1, -0.05) is 15.9 Å². The highest BCUT2D eigenvalue weighted by molar-refractivity contribution is 9.10. The zero-order valence-electron chi connectivity index (χ0n) is 8.98. The Balaban J connectivity index is 2.46. The summed E-state index contributed by atoms with van der Waals surface area (Å²) in [6.45, 7) is 0.296. The number of hydrogen-bond donors (Lipinski definition) is 1. The molecule has 1 heterocycles. The number of benzene rings is 1. The van der Waals surface area contributed by atoms with Crippen LogP contribution in [0.25, 0.3) is 0 Å². The fraction of sp³-hybridized carbons (Fsp3) is 0.167. The van der Waals surface area contributed by atoms with Gasteiger partial charge in [0.15, 0.2) is 0 Å². The van der Waals surface area contributed by atoms with Crippen LogP contribution in [0.3, 0.4) is 0 Å². The highest BCUT2D eigenvalue weighted by Gasteiger charge is 2.17. The number of rotatable bonds is 3. The van der Waals surface area contributed by atoms with Crippen LogP contribution < -0.4 is 5.73 Å². The monoisotopic (exact) mass is 295 g/mol. The van der Waals surface area contributed by atoms with Crippen molar-refractivity contribution in [3.8, 4) is 0 Å². The Morgan fingerprint density at radius 3 is 2.82 bits per heavy atom. The summed E-state index contributed by atoms with van der Waals surface area (Å²) in [6, 6.07) is 6.56. The van der Waals surface area contributed by atoms with Crippen molar-refractivity contribution in [2.24, 2.45) is 5.73 Å². The second-order valence-electron chi connectivity index (χ2n) is 3.59. The number of hydrogen-bond acceptors (Lipinski definition) is 3. The number of halogens is 2. The van der Waals surface area contributed by atoms with Crippen molar-refractivity contribution in [1.82, 2.24) is 9.97 Å². The van der Waals surface area contributed by atoms with Crippen molar-refractivity contribution in [1.29, 1.82) is 0 Å². The first-order valence-corrected chi connectivity index (χ1v) is 5.92. The maximum atomic E-state index is 13.8. The van der Waals surface area contributed by atoms with Gasteiger partial charge in [-0.05, 0) is 29.8 Å². The molecule has 2 aromatic rings. The van der Waals surface area contributed by atoms with E-state index in [0.717, 1.165) is 10.2 Å². The van der Waals surface area contributed by atoms with Crippen LogP contribution in [0.4, 0.5) is 4.39 Å². The summed E-state index contributed by atoms with van der Waals surface area (Å²) in [5, 5.41) is 0. The van der Waals surface area contributed by atoms with Gasteiger partial charge in [0, 0.05) is 23.1 Å². The summed E-state index contributed by atoms with van der Waals surface area (Å²) in [6.07, 6.45) is 3.06. The molecule has 1 aromatic carbocycles. The molecule has 0 aliphatic heterocycles. The molecule has 0 saturated carbocycles. The number of nitrogens with two attached hydrogens (primary N) is 1. The predicted molar refractivity (Wildman–Crippen MR) is 67.0 cm³/mol. The zero-order valence-corrected chi connectivity index (χ0v) is 10.6. The van der Waals surface area contributed by atoms with Gasteiger partial charge in [-0.25, -0.2) is 14.4 Å². The molecular weight excluding hydrogens is 285 g/mol. The molecule has 1 aromatic heterocycles. The largest absolute Gasteiger partial charge is 0.329 e. The van der Waals surface area contributed by atoms with Gasteiger partial charge < -0.3 is 5.73 Å². The fourth-order valence-electron chi connectivity index (χ4n) is 1.70. The molecule has 17 heavy (non-hydrogen) atoms. The predicted octanol–water partition coefficient (Wildman–Crippen LogP) is 2.47. The summed E-state index contributed by atoms with van der Waals surface area (Å²) in [5.41, 5.74) is 6.98. The van der Waals surface area contributed by atoms with E-state index in [4.69, 9.17) is 5.73 Å². The fourth-order valence-corrected chi connectivity index (χ4v) is 2.07. The van der Waals surface area contributed by atoms with Gasteiger partial charge in [-0.3, -0.25) is 0 Å². The lowest BCUT2D eigenvalue weighted by Gasteiger charge is -2.15. The van der Waals surface area contributed by atoms with Crippen LogP contribution in [0.5, 0.6) is 0 Å². The van der Waals surface area contributed by atoms with E-state index in [1.54, 1.807) is 24.4 Å². The van der Waals surface area contributed by atoms with Crippen molar-refractivity contribution in [2.75, 3.05) is 6.54 Å². The molecule has 5 heteroatoms. The van der Waals surface area contributed by atoms with Crippen LogP contribution in [0, 0.1) is 5.82 Å². The molecule has 0 aliphatic carbocycles. The molecule has 2 N–H and O–H groups in total.